The Labute approximate surface area is 124 Å². The van der Waals surface area contributed by atoms with E-state index in [-0.39, 0.29) is 10.9 Å². The van der Waals surface area contributed by atoms with Crippen LogP contribution in [0.4, 0.5) is 0 Å². The van der Waals surface area contributed by atoms with Gasteiger partial charge in [-0.15, -0.1) is 0 Å². The van der Waals surface area contributed by atoms with Crippen LogP contribution in [-0.4, -0.2) is 28.4 Å². The molecular weight excluding hydrogens is 350 g/mol. The average Bonchev–Trinajstić information content (AvgIpc) is 2.76. The molecule has 1 aliphatic rings. The summed E-state index contributed by atoms with van der Waals surface area (Å²) in [7, 11) is -1.28. The Morgan fingerprint density at radius 1 is 1.30 bits per heavy atom. The molecule has 2 rings (SSSR count). The molecule has 1 heterocycles. The van der Waals surface area contributed by atoms with Crippen molar-refractivity contribution < 1.29 is 8.42 Å². The van der Waals surface area contributed by atoms with Gasteiger partial charge in [0.2, 0.25) is 10.0 Å². The van der Waals surface area contributed by atoms with Gasteiger partial charge in [-0.05, 0) is 12.8 Å². The minimum atomic E-state index is -3.94. The van der Waals surface area contributed by atoms with E-state index in [1.54, 1.807) is 0 Å². The number of aryl methyl sites for hydroxylation is 1. The second-order valence-electron chi connectivity index (χ2n) is 4.93. The monoisotopic (exact) mass is 365 g/mol. The molecule has 0 spiro atoms. The van der Waals surface area contributed by atoms with Crippen molar-refractivity contribution in [1.82, 2.24) is 13.9 Å². The first-order chi connectivity index (χ1) is 9.24. The van der Waals surface area contributed by atoms with E-state index in [9.17, 15) is 18.0 Å². The lowest BCUT2D eigenvalue weighted by molar-refractivity contribution is 0.548. The van der Waals surface area contributed by atoms with E-state index in [0.717, 1.165) is 34.6 Å². The highest BCUT2D eigenvalue weighted by molar-refractivity contribution is 9.09. The predicted molar refractivity (Wildman–Crippen MR) is 77.6 cm³/mol. The van der Waals surface area contributed by atoms with Crippen LogP contribution in [0.2, 0.25) is 0 Å². The molecule has 2 atom stereocenters. The molecule has 0 amide bonds. The Morgan fingerprint density at radius 3 is 2.50 bits per heavy atom. The van der Waals surface area contributed by atoms with Crippen molar-refractivity contribution in [3.8, 4) is 0 Å². The van der Waals surface area contributed by atoms with E-state index >= 15 is 0 Å². The van der Waals surface area contributed by atoms with Crippen molar-refractivity contribution in [1.29, 1.82) is 0 Å². The van der Waals surface area contributed by atoms with Crippen molar-refractivity contribution in [3.63, 3.8) is 0 Å². The quantitative estimate of drug-likeness (QED) is 0.743. The predicted octanol–water partition coefficient (Wildman–Crippen LogP) is -0.322. The molecule has 0 saturated heterocycles. The van der Waals surface area contributed by atoms with Gasteiger partial charge in [0.1, 0.15) is 0 Å². The number of alkyl halides is 1. The van der Waals surface area contributed by atoms with Crippen LogP contribution in [0, 0.1) is 0 Å². The lowest BCUT2D eigenvalue weighted by Gasteiger charge is -2.16. The summed E-state index contributed by atoms with van der Waals surface area (Å²) in [6, 6.07) is -0.234. The summed E-state index contributed by atoms with van der Waals surface area (Å²) in [6.07, 6.45) is 3.60. The van der Waals surface area contributed by atoms with Crippen molar-refractivity contribution in [2.24, 2.45) is 14.1 Å². The number of nitrogens with one attached hydrogen (secondary N) is 1. The molecule has 1 fully saturated rings. The Morgan fingerprint density at radius 2 is 1.95 bits per heavy atom. The summed E-state index contributed by atoms with van der Waals surface area (Å²) in [6.45, 7) is 0. The van der Waals surface area contributed by atoms with Crippen molar-refractivity contribution in [3.05, 3.63) is 27.0 Å². The van der Waals surface area contributed by atoms with Crippen molar-refractivity contribution >= 4 is 26.0 Å². The first-order valence-corrected chi connectivity index (χ1v) is 8.57. The molecule has 2 unspecified atom stereocenters. The van der Waals surface area contributed by atoms with Gasteiger partial charge in [-0.1, -0.05) is 22.4 Å². The average molecular weight is 366 g/mol. The van der Waals surface area contributed by atoms with Gasteiger partial charge in [-0.3, -0.25) is 9.36 Å². The topological polar surface area (TPSA) is 90.2 Å². The molecular formula is C11H16BrN3O4S. The fourth-order valence-electron chi connectivity index (χ4n) is 2.27. The third-order valence-corrected chi connectivity index (χ3v) is 6.01. The van der Waals surface area contributed by atoms with E-state index in [4.69, 9.17) is 0 Å². The molecule has 0 bridgehead atoms. The lowest BCUT2D eigenvalue weighted by atomic mass is 10.3. The third-order valence-electron chi connectivity index (χ3n) is 3.44. The second kappa shape index (κ2) is 5.45. The molecule has 1 aromatic rings. The minimum Gasteiger partial charge on any atom is -0.302 e. The van der Waals surface area contributed by atoms with Crippen molar-refractivity contribution in [2.45, 2.75) is 35.0 Å². The van der Waals surface area contributed by atoms with Gasteiger partial charge in [0, 0.05) is 31.2 Å². The molecule has 1 N–H and O–H groups in total. The van der Waals surface area contributed by atoms with Gasteiger partial charge in [-0.2, -0.15) is 0 Å². The van der Waals surface area contributed by atoms with Crippen LogP contribution in [0.25, 0.3) is 0 Å². The largest absolute Gasteiger partial charge is 0.330 e. The van der Waals surface area contributed by atoms with E-state index in [0.29, 0.717) is 0 Å². The molecule has 0 aromatic carbocycles. The number of halogens is 1. The lowest BCUT2D eigenvalue weighted by Crippen LogP contribution is -2.44. The molecule has 1 aliphatic carbocycles. The van der Waals surface area contributed by atoms with E-state index < -0.39 is 26.2 Å². The number of sulfonamides is 1. The standard InChI is InChI=1S/C11H16BrN3O4S/c1-14-6-9(10(16)15(2)11(14)17)20(18,19)13-8-5-3-4-7(8)12/h6-8,13H,3-5H2,1-2H3. The highest BCUT2D eigenvalue weighted by atomic mass is 79.9. The van der Waals surface area contributed by atoms with Crippen LogP contribution < -0.4 is 16.0 Å². The highest BCUT2D eigenvalue weighted by Crippen LogP contribution is 2.26. The van der Waals surface area contributed by atoms with Crippen molar-refractivity contribution in [2.75, 3.05) is 0 Å². The van der Waals surface area contributed by atoms with E-state index in [1.807, 2.05) is 0 Å². The molecule has 7 nitrogen and oxygen atoms in total. The summed E-state index contributed by atoms with van der Waals surface area (Å²) in [5, 5.41) is 0. The molecule has 0 radical (unpaired) electrons. The first kappa shape index (κ1) is 15.5. The Kier molecular flexibility index (Phi) is 4.22. The summed E-state index contributed by atoms with van der Waals surface area (Å²) in [5.41, 5.74) is -1.38. The number of rotatable bonds is 3. The maximum atomic E-state index is 12.3. The molecule has 1 aromatic heterocycles. The van der Waals surface area contributed by atoms with E-state index in [2.05, 4.69) is 20.7 Å². The number of aromatic nitrogens is 2. The normalized spacial score (nSPS) is 23.1. The SMILES string of the molecule is Cn1cc(S(=O)(=O)NC2CCCC2Br)c(=O)n(C)c1=O. The highest BCUT2D eigenvalue weighted by Gasteiger charge is 2.31. The fourth-order valence-corrected chi connectivity index (χ4v) is 4.64. The van der Waals surface area contributed by atoms with Gasteiger partial charge in [0.25, 0.3) is 5.56 Å². The molecule has 9 heteroatoms. The smallest absolute Gasteiger partial charge is 0.302 e. The number of hydrogen-bond donors (Lipinski definition) is 1. The Bertz CT molecular complexity index is 737. The van der Waals surface area contributed by atoms with Gasteiger partial charge < -0.3 is 4.57 Å². The summed E-state index contributed by atoms with van der Waals surface area (Å²) < 4.78 is 29.0. The zero-order valence-corrected chi connectivity index (χ0v) is 13.6. The van der Waals surface area contributed by atoms with Crippen LogP contribution >= 0.6 is 15.9 Å². The van der Waals surface area contributed by atoms with Gasteiger partial charge in [-0.25, -0.2) is 17.9 Å². The third kappa shape index (κ3) is 2.75. The van der Waals surface area contributed by atoms with Crippen LogP contribution in [0.3, 0.4) is 0 Å². The molecule has 0 aliphatic heterocycles. The van der Waals surface area contributed by atoms with Crippen LogP contribution in [0.15, 0.2) is 20.7 Å². The zero-order valence-electron chi connectivity index (χ0n) is 11.2. The Hall–Kier alpha value is -0.930. The summed E-state index contributed by atoms with van der Waals surface area (Å²) in [5.74, 6) is 0. The summed E-state index contributed by atoms with van der Waals surface area (Å²) in [4.78, 5) is 23.2. The minimum absolute atomic E-state index is 0.0636. The molecule has 20 heavy (non-hydrogen) atoms. The van der Waals surface area contributed by atoms with Crippen LogP contribution in [-0.2, 0) is 24.1 Å². The first-order valence-electron chi connectivity index (χ1n) is 6.17. The van der Waals surface area contributed by atoms with E-state index in [1.165, 1.54) is 14.1 Å². The molecule has 1 saturated carbocycles. The maximum absolute atomic E-state index is 12.3. The zero-order chi connectivity index (χ0) is 15.1. The van der Waals surface area contributed by atoms with Crippen LogP contribution in [0.5, 0.6) is 0 Å². The number of hydrogen-bond acceptors (Lipinski definition) is 4. The maximum Gasteiger partial charge on any atom is 0.330 e. The van der Waals surface area contributed by atoms with Gasteiger partial charge in [0.05, 0.1) is 0 Å². The Balaban J connectivity index is 2.45. The second-order valence-corrected chi connectivity index (χ2v) is 7.78. The summed E-state index contributed by atoms with van der Waals surface area (Å²) >= 11 is 3.42. The molecule has 112 valence electrons. The fraction of sp³-hybridized carbons (Fsp3) is 0.636. The van der Waals surface area contributed by atoms with Crippen LogP contribution in [0.1, 0.15) is 19.3 Å². The number of nitrogens with zero attached hydrogens (tertiary/aromatic N) is 2. The van der Waals surface area contributed by atoms with Gasteiger partial charge in [0.15, 0.2) is 4.90 Å². The van der Waals surface area contributed by atoms with Gasteiger partial charge >= 0.3 is 5.69 Å².